The maximum absolute atomic E-state index is 12.4. The van der Waals surface area contributed by atoms with Crippen LogP contribution in [-0.4, -0.2) is 24.4 Å². The van der Waals surface area contributed by atoms with Crippen molar-refractivity contribution in [3.63, 3.8) is 0 Å². The topological polar surface area (TPSA) is 98.5 Å². The first-order valence-corrected chi connectivity index (χ1v) is 8.78. The number of benzene rings is 1. The van der Waals surface area contributed by atoms with E-state index in [9.17, 15) is 14.4 Å². The highest BCUT2D eigenvalue weighted by Gasteiger charge is 2.52. The molecule has 1 aromatic heterocycles. The van der Waals surface area contributed by atoms with Crippen LogP contribution in [0.15, 0.2) is 35.7 Å². The summed E-state index contributed by atoms with van der Waals surface area (Å²) >= 11 is 7.04. The highest BCUT2D eigenvalue weighted by molar-refractivity contribution is 7.14. The lowest BCUT2D eigenvalue weighted by Crippen LogP contribution is -2.28. The number of rotatable bonds is 6. The molecule has 0 atom stereocenters. The van der Waals surface area contributed by atoms with Gasteiger partial charge in [-0.2, -0.15) is 0 Å². The Kier molecular flexibility index (Phi) is 4.78. The Morgan fingerprint density at radius 1 is 1.20 bits per heavy atom. The van der Waals surface area contributed by atoms with Crippen molar-refractivity contribution in [2.75, 3.05) is 11.9 Å². The summed E-state index contributed by atoms with van der Waals surface area (Å²) in [6, 6.07) is 8.55. The minimum atomic E-state index is -0.688. The number of carbonyl (C=O) groups excluding carboxylic acids is 3. The molecule has 0 saturated heterocycles. The van der Waals surface area contributed by atoms with E-state index >= 15 is 0 Å². The van der Waals surface area contributed by atoms with Gasteiger partial charge < -0.3 is 15.8 Å². The number of ether oxygens (including phenoxy) is 1. The summed E-state index contributed by atoms with van der Waals surface area (Å²) in [5.41, 5.74) is 5.59. The molecule has 1 aromatic carbocycles. The number of carbonyl (C=O) groups is 3. The number of hydrogen-bond donors (Lipinski definition) is 2. The van der Waals surface area contributed by atoms with Gasteiger partial charge in [-0.3, -0.25) is 14.4 Å². The molecule has 2 amide bonds. The van der Waals surface area contributed by atoms with Crippen LogP contribution in [0.1, 0.15) is 28.8 Å². The van der Waals surface area contributed by atoms with Crippen LogP contribution in [0.25, 0.3) is 0 Å². The Morgan fingerprint density at radius 3 is 2.48 bits per heavy atom. The van der Waals surface area contributed by atoms with E-state index in [0.717, 1.165) is 5.56 Å². The molecule has 0 aliphatic heterocycles. The van der Waals surface area contributed by atoms with E-state index in [1.54, 1.807) is 29.6 Å². The zero-order valence-electron chi connectivity index (χ0n) is 13.1. The van der Waals surface area contributed by atoms with Gasteiger partial charge in [0.2, 0.25) is 0 Å². The average Bonchev–Trinajstić information content (AvgIpc) is 3.26. The predicted octanol–water partition coefficient (Wildman–Crippen LogP) is 2.71. The van der Waals surface area contributed by atoms with Crippen molar-refractivity contribution in [2.45, 2.75) is 18.3 Å². The average molecular weight is 379 g/mol. The van der Waals surface area contributed by atoms with Crippen LogP contribution in [0, 0.1) is 0 Å². The van der Waals surface area contributed by atoms with Gasteiger partial charge in [0, 0.05) is 5.02 Å². The molecular weight excluding hydrogens is 364 g/mol. The van der Waals surface area contributed by atoms with Crippen LogP contribution in [0.5, 0.6) is 0 Å². The SMILES string of the molecule is NC(=O)c1ccsc1NC(=O)COC(=O)C1(c2ccc(Cl)cc2)CC1. The predicted molar refractivity (Wildman–Crippen MR) is 94.8 cm³/mol. The molecule has 3 rings (SSSR count). The molecular formula is C17H15ClN2O4S. The van der Waals surface area contributed by atoms with Crippen molar-refractivity contribution in [1.29, 1.82) is 0 Å². The zero-order chi connectivity index (χ0) is 18.0. The number of amides is 2. The van der Waals surface area contributed by atoms with E-state index in [1.807, 2.05) is 0 Å². The first kappa shape index (κ1) is 17.4. The molecule has 1 fully saturated rings. The fourth-order valence-corrected chi connectivity index (χ4v) is 3.47. The lowest BCUT2D eigenvalue weighted by atomic mass is 9.96. The summed E-state index contributed by atoms with van der Waals surface area (Å²) < 4.78 is 5.17. The second-order valence-electron chi connectivity index (χ2n) is 5.74. The Hall–Kier alpha value is -2.38. The van der Waals surface area contributed by atoms with Gasteiger partial charge in [-0.1, -0.05) is 23.7 Å². The molecule has 6 nitrogen and oxygen atoms in total. The second-order valence-corrected chi connectivity index (χ2v) is 7.09. The van der Waals surface area contributed by atoms with Crippen molar-refractivity contribution in [1.82, 2.24) is 0 Å². The van der Waals surface area contributed by atoms with Crippen LogP contribution < -0.4 is 11.1 Å². The van der Waals surface area contributed by atoms with Gasteiger partial charge in [-0.05, 0) is 42.0 Å². The number of anilines is 1. The van der Waals surface area contributed by atoms with E-state index in [2.05, 4.69) is 5.32 Å². The number of hydrogen-bond acceptors (Lipinski definition) is 5. The molecule has 2 aromatic rings. The van der Waals surface area contributed by atoms with Gasteiger partial charge >= 0.3 is 5.97 Å². The molecule has 0 unspecified atom stereocenters. The highest BCUT2D eigenvalue weighted by Crippen LogP contribution is 2.49. The minimum Gasteiger partial charge on any atom is -0.455 e. The summed E-state index contributed by atoms with van der Waals surface area (Å²) in [6.07, 6.45) is 1.34. The van der Waals surface area contributed by atoms with Gasteiger partial charge in [0.25, 0.3) is 11.8 Å². The number of halogens is 1. The van der Waals surface area contributed by atoms with Gasteiger partial charge in [0.15, 0.2) is 6.61 Å². The molecule has 0 spiro atoms. The standard InChI is InChI=1S/C17H15ClN2O4S/c18-11-3-1-10(2-4-11)17(6-7-17)16(23)24-9-13(21)20-15-12(14(19)22)5-8-25-15/h1-5,8H,6-7,9H2,(H2,19,22)(H,20,21). The number of primary amides is 1. The Balaban J connectivity index is 1.59. The number of nitrogens with one attached hydrogen (secondary N) is 1. The highest BCUT2D eigenvalue weighted by atomic mass is 35.5. The largest absolute Gasteiger partial charge is 0.455 e. The van der Waals surface area contributed by atoms with Crippen LogP contribution in [0.2, 0.25) is 5.02 Å². The summed E-state index contributed by atoms with van der Waals surface area (Å²) in [5, 5.41) is 5.10. The molecule has 1 heterocycles. The molecule has 1 aliphatic rings. The third-order valence-corrected chi connectivity index (χ3v) is 5.14. The first-order chi connectivity index (χ1) is 11.9. The number of esters is 1. The van der Waals surface area contributed by atoms with E-state index in [-0.39, 0.29) is 5.56 Å². The van der Waals surface area contributed by atoms with Gasteiger partial charge in [-0.15, -0.1) is 11.3 Å². The molecule has 130 valence electrons. The fourth-order valence-electron chi connectivity index (χ4n) is 2.54. The Labute approximate surface area is 152 Å². The van der Waals surface area contributed by atoms with E-state index in [0.29, 0.717) is 22.9 Å². The zero-order valence-corrected chi connectivity index (χ0v) is 14.7. The Morgan fingerprint density at radius 2 is 1.88 bits per heavy atom. The fraction of sp³-hybridized carbons (Fsp3) is 0.235. The maximum Gasteiger partial charge on any atom is 0.317 e. The monoisotopic (exact) mass is 378 g/mol. The Bertz CT molecular complexity index is 827. The van der Waals surface area contributed by atoms with Crippen molar-refractivity contribution in [3.8, 4) is 0 Å². The molecule has 0 radical (unpaired) electrons. The molecule has 1 saturated carbocycles. The molecule has 0 bridgehead atoms. The summed E-state index contributed by atoms with van der Waals surface area (Å²) in [6.45, 7) is -0.426. The molecule has 8 heteroatoms. The summed E-state index contributed by atoms with van der Waals surface area (Å²) in [7, 11) is 0. The lowest BCUT2D eigenvalue weighted by molar-refractivity contribution is -0.150. The minimum absolute atomic E-state index is 0.226. The van der Waals surface area contributed by atoms with E-state index < -0.39 is 29.8 Å². The number of thiophene rings is 1. The van der Waals surface area contributed by atoms with Crippen LogP contribution >= 0.6 is 22.9 Å². The van der Waals surface area contributed by atoms with Gasteiger partial charge in [0.1, 0.15) is 5.00 Å². The molecule has 25 heavy (non-hydrogen) atoms. The summed E-state index contributed by atoms with van der Waals surface area (Å²) in [4.78, 5) is 35.6. The second kappa shape index (κ2) is 6.85. The maximum atomic E-state index is 12.4. The van der Waals surface area contributed by atoms with Crippen molar-refractivity contribution in [3.05, 3.63) is 51.9 Å². The smallest absolute Gasteiger partial charge is 0.317 e. The molecule has 3 N–H and O–H groups in total. The lowest BCUT2D eigenvalue weighted by Gasteiger charge is -2.15. The van der Waals surface area contributed by atoms with Gasteiger partial charge in [0.05, 0.1) is 11.0 Å². The quantitative estimate of drug-likeness (QED) is 0.755. The number of nitrogens with two attached hydrogens (primary N) is 1. The van der Waals surface area contributed by atoms with Crippen LogP contribution in [0.4, 0.5) is 5.00 Å². The van der Waals surface area contributed by atoms with Crippen molar-refractivity contribution in [2.24, 2.45) is 5.73 Å². The summed E-state index contributed by atoms with van der Waals surface area (Å²) in [5.74, 6) is -1.59. The van der Waals surface area contributed by atoms with Crippen molar-refractivity contribution < 1.29 is 19.1 Å². The molecule has 1 aliphatic carbocycles. The van der Waals surface area contributed by atoms with Crippen LogP contribution in [0.3, 0.4) is 0 Å². The van der Waals surface area contributed by atoms with Crippen molar-refractivity contribution >= 4 is 45.7 Å². The van der Waals surface area contributed by atoms with Crippen LogP contribution in [-0.2, 0) is 19.7 Å². The van der Waals surface area contributed by atoms with Gasteiger partial charge in [-0.25, -0.2) is 0 Å². The first-order valence-electron chi connectivity index (χ1n) is 7.53. The normalized spacial score (nSPS) is 14.6. The van der Waals surface area contributed by atoms with E-state index in [1.165, 1.54) is 17.4 Å². The third-order valence-electron chi connectivity index (χ3n) is 4.06. The third kappa shape index (κ3) is 3.67. The van der Waals surface area contributed by atoms with E-state index in [4.69, 9.17) is 22.1 Å².